The molecule has 0 N–H and O–H groups in total. The van der Waals surface area contributed by atoms with Crippen molar-refractivity contribution in [2.24, 2.45) is 0 Å². The normalized spacial score (nSPS) is 24.9. The molecule has 4 heteroatoms. The molecule has 1 aliphatic heterocycles. The minimum absolute atomic E-state index is 0.0329. The third-order valence-corrected chi connectivity index (χ3v) is 5.98. The zero-order valence-corrected chi connectivity index (χ0v) is 10.6. The van der Waals surface area contributed by atoms with Crippen molar-refractivity contribution < 1.29 is 8.42 Å². The summed E-state index contributed by atoms with van der Waals surface area (Å²) in [6, 6.07) is 6.22. The Kier molecular flexibility index (Phi) is 1.88. The quantitative estimate of drug-likeness (QED) is 0.732. The molecule has 0 amide bonds. The van der Waals surface area contributed by atoms with E-state index in [-0.39, 0.29) is 5.41 Å². The first-order chi connectivity index (χ1) is 7.01. The second kappa shape index (κ2) is 2.86. The summed E-state index contributed by atoms with van der Waals surface area (Å²) < 4.78 is 23.7. The van der Waals surface area contributed by atoms with Crippen molar-refractivity contribution in [3.05, 3.63) is 33.8 Å². The van der Waals surface area contributed by atoms with Crippen LogP contribution in [-0.2, 0) is 21.7 Å². The van der Waals surface area contributed by atoms with E-state index in [9.17, 15) is 8.42 Å². The lowest BCUT2D eigenvalue weighted by Gasteiger charge is -2.38. The van der Waals surface area contributed by atoms with E-state index in [1.807, 2.05) is 6.07 Å². The van der Waals surface area contributed by atoms with Gasteiger partial charge in [0.25, 0.3) is 0 Å². The lowest BCUT2D eigenvalue weighted by Crippen LogP contribution is -2.50. The fraction of sp³-hybridized carbons (Fsp3) is 0.455. The van der Waals surface area contributed by atoms with Gasteiger partial charge >= 0.3 is 0 Å². The van der Waals surface area contributed by atoms with E-state index in [2.05, 4.69) is 28.1 Å². The average molecular weight is 287 g/mol. The highest BCUT2D eigenvalue weighted by Crippen LogP contribution is 2.47. The smallest absolute Gasteiger partial charge is 0.152 e. The molecule has 2 aliphatic rings. The van der Waals surface area contributed by atoms with Crippen molar-refractivity contribution in [2.75, 3.05) is 11.5 Å². The summed E-state index contributed by atoms with van der Waals surface area (Å²) in [6.07, 6.45) is 2.02. The molecule has 1 spiro atoms. The van der Waals surface area contributed by atoms with Crippen LogP contribution in [0.25, 0.3) is 0 Å². The van der Waals surface area contributed by atoms with Crippen molar-refractivity contribution >= 4 is 25.8 Å². The zero-order valence-electron chi connectivity index (χ0n) is 8.16. The summed E-state index contributed by atoms with van der Waals surface area (Å²) in [5.74, 6) is 0.712. The molecule has 0 aromatic heterocycles. The van der Waals surface area contributed by atoms with Gasteiger partial charge in [0.15, 0.2) is 9.84 Å². The molecule has 3 rings (SSSR count). The van der Waals surface area contributed by atoms with Gasteiger partial charge < -0.3 is 0 Å². The second-order valence-electron chi connectivity index (χ2n) is 4.61. The molecule has 1 heterocycles. The molecule has 2 nitrogen and oxygen atoms in total. The van der Waals surface area contributed by atoms with Crippen LogP contribution >= 0.6 is 15.9 Å². The van der Waals surface area contributed by atoms with Crippen LogP contribution in [0.15, 0.2) is 22.7 Å². The largest absolute Gasteiger partial charge is 0.229 e. The standard InChI is InChI=1S/C11H11BrO2S/c12-9-1-2-10-8(5-9)3-4-11(10)6-15(13,14)7-11/h1-2,5H,3-4,6-7H2. The second-order valence-corrected chi connectivity index (χ2v) is 7.59. The van der Waals surface area contributed by atoms with Gasteiger partial charge in [0.2, 0.25) is 0 Å². The Balaban J connectivity index is 2.07. The summed E-state index contributed by atoms with van der Waals surface area (Å²) in [5, 5.41) is 0. The maximum absolute atomic E-state index is 11.3. The van der Waals surface area contributed by atoms with Crippen molar-refractivity contribution in [1.82, 2.24) is 0 Å². The van der Waals surface area contributed by atoms with Gasteiger partial charge in [-0.1, -0.05) is 22.0 Å². The van der Waals surface area contributed by atoms with Gasteiger partial charge in [-0.25, -0.2) is 8.42 Å². The molecule has 1 fully saturated rings. The van der Waals surface area contributed by atoms with Crippen LogP contribution in [0, 0.1) is 0 Å². The van der Waals surface area contributed by atoms with Gasteiger partial charge in [-0.3, -0.25) is 0 Å². The zero-order chi connectivity index (χ0) is 10.7. The van der Waals surface area contributed by atoms with Crippen molar-refractivity contribution in [2.45, 2.75) is 18.3 Å². The molecule has 1 aliphatic carbocycles. The molecule has 0 bridgehead atoms. The summed E-state index contributed by atoms with van der Waals surface area (Å²) in [7, 11) is -2.74. The van der Waals surface area contributed by atoms with Crippen molar-refractivity contribution in [1.29, 1.82) is 0 Å². The van der Waals surface area contributed by atoms with Crippen LogP contribution in [0.4, 0.5) is 0 Å². The molecule has 0 atom stereocenters. The number of aryl methyl sites for hydroxylation is 1. The van der Waals surface area contributed by atoms with Crippen LogP contribution in [0.2, 0.25) is 0 Å². The average Bonchev–Trinajstić information content (AvgIpc) is 2.42. The number of rotatable bonds is 0. The summed E-state index contributed by atoms with van der Waals surface area (Å²) >= 11 is 3.45. The summed E-state index contributed by atoms with van der Waals surface area (Å²) in [6.45, 7) is 0. The van der Waals surface area contributed by atoms with E-state index < -0.39 is 9.84 Å². The van der Waals surface area contributed by atoms with Crippen LogP contribution in [0.1, 0.15) is 17.5 Å². The summed E-state index contributed by atoms with van der Waals surface area (Å²) in [4.78, 5) is 0. The van der Waals surface area contributed by atoms with E-state index in [0.29, 0.717) is 11.5 Å². The van der Waals surface area contributed by atoms with Gasteiger partial charge in [0.1, 0.15) is 0 Å². The van der Waals surface area contributed by atoms with Crippen LogP contribution in [-0.4, -0.2) is 19.9 Å². The topological polar surface area (TPSA) is 34.1 Å². The third-order valence-electron chi connectivity index (χ3n) is 3.50. The fourth-order valence-electron chi connectivity index (χ4n) is 2.89. The van der Waals surface area contributed by atoms with E-state index >= 15 is 0 Å². The Morgan fingerprint density at radius 3 is 2.67 bits per heavy atom. The first-order valence-electron chi connectivity index (χ1n) is 5.00. The highest BCUT2D eigenvalue weighted by molar-refractivity contribution is 9.10. The highest BCUT2D eigenvalue weighted by Gasteiger charge is 2.52. The fourth-order valence-corrected chi connectivity index (χ4v) is 5.50. The SMILES string of the molecule is O=S1(=O)CC2(CCc3cc(Br)ccc32)C1. The van der Waals surface area contributed by atoms with Crippen LogP contribution in [0.5, 0.6) is 0 Å². The lowest BCUT2D eigenvalue weighted by atomic mass is 9.85. The Morgan fingerprint density at radius 2 is 2.00 bits per heavy atom. The van der Waals surface area contributed by atoms with Gasteiger partial charge in [0.05, 0.1) is 11.5 Å². The number of benzene rings is 1. The van der Waals surface area contributed by atoms with Gasteiger partial charge in [-0.2, -0.15) is 0 Å². The van der Waals surface area contributed by atoms with Gasteiger partial charge in [-0.15, -0.1) is 0 Å². The maximum Gasteiger partial charge on any atom is 0.152 e. The van der Waals surface area contributed by atoms with Gasteiger partial charge in [-0.05, 0) is 36.1 Å². The molecule has 80 valence electrons. The van der Waals surface area contributed by atoms with E-state index in [1.54, 1.807) is 0 Å². The highest BCUT2D eigenvalue weighted by atomic mass is 79.9. The van der Waals surface area contributed by atoms with Gasteiger partial charge in [0, 0.05) is 9.89 Å². The van der Waals surface area contributed by atoms with E-state index in [4.69, 9.17) is 0 Å². The molecule has 1 aromatic rings. The monoisotopic (exact) mass is 286 g/mol. The predicted molar refractivity (Wildman–Crippen MR) is 62.8 cm³/mol. The maximum atomic E-state index is 11.3. The molecule has 0 unspecified atom stereocenters. The molecule has 0 saturated carbocycles. The number of hydrogen-bond acceptors (Lipinski definition) is 2. The molecular weight excluding hydrogens is 276 g/mol. The predicted octanol–water partition coefficient (Wildman–Crippen LogP) is 2.06. The number of halogens is 1. The Bertz CT molecular complexity index is 522. The Hall–Kier alpha value is -0.350. The first kappa shape index (κ1) is 9.85. The van der Waals surface area contributed by atoms with E-state index in [0.717, 1.165) is 17.3 Å². The van der Waals surface area contributed by atoms with Crippen molar-refractivity contribution in [3.8, 4) is 0 Å². The molecule has 1 aromatic carbocycles. The third kappa shape index (κ3) is 1.38. The number of fused-ring (bicyclic) bond motifs is 2. The molecule has 1 saturated heterocycles. The van der Waals surface area contributed by atoms with Crippen LogP contribution < -0.4 is 0 Å². The Morgan fingerprint density at radius 1 is 1.27 bits per heavy atom. The number of sulfone groups is 1. The first-order valence-corrected chi connectivity index (χ1v) is 7.62. The summed E-state index contributed by atoms with van der Waals surface area (Å²) in [5.41, 5.74) is 2.55. The van der Waals surface area contributed by atoms with E-state index in [1.165, 1.54) is 11.1 Å². The number of hydrogen-bond donors (Lipinski definition) is 0. The molecular formula is C11H11BrO2S. The lowest BCUT2D eigenvalue weighted by molar-refractivity contribution is 0.455. The van der Waals surface area contributed by atoms with Crippen molar-refractivity contribution in [3.63, 3.8) is 0 Å². The van der Waals surface area contributed by atoms with Crippen LogP contribution in [0.3, 0.4) is 0 Å². The molecule has 15 heavy (non-hydrogen) atoms. The molecule has 0 radical (unpaired) electrons. The minimum Gasteiger partial charge on any atom is -0.229 e. The Labute approximate surface area is 97.7 Å². The minimum atomic E-state index is -2.74.